The molecule has 170 valence electrons. The SMILES string of the molecule is CCC1CCN(CC(C)[C@H]2CC[C@H]3C(=CC=C4C[C@@H](O)C[C@H](O)C4)CCC[C@]23C)C1. The lowest BCUT2D eigenvalue weighted by Gasteiger charge is -2.45. The van der Waals surface area contributed by atoms with Crippen molar-refractivity contribution < 1.29 is 10.2 Å². The number of rotatable bonds is 5. The molecule has 4 aliphatic rings. The van der Waals surface area contributed by atoms with Crippen molar-refractivity contribution >= 4 is 0 Å². The average molecular weight is 416 g/mol. The fourth-order valence-corrected chi connectivity index (χ4v) is 7.69. The summed E-state index contributed by atoms with van der Waals surface area (Å²) in [6, 6.07) is 0. The lowest BCUT2D eigenvalue weighted by atomic mass is 9.61. The minimum absolute atomic E-state index is 0.371. The summed E-state index contributed by atoms with van der Waals surface area (Å²) in [7, 11) is 0. The van der Waals surface area contributed by atoms with Gasteiger partial charge in [0.25, 0.3) is 0 Å². The van der Waals surface area contributed by atoms with Gasteiger partial charge in [0.05, 0.1) is 12.2 Å². The standard InChI is InChI=1S/C27H45NO2/c1-4-20-11-13-28(18-20)17-19(2)25-9-10-26-22(6-5-12-27(25,26)3)8-7-21-14-23(29)16-24(30)15-21/h7-8,19-20,23-26,29-30H,4-6,9-18H2,1-3H3/t19?,20?,23-,24-,25-,26+,27-/m1/s1. The third kappa shape index (κ3) is 4.74. The van der Waals surface area contributed by atoms with Crippen molar-refractivity contribution in [2.24, 2.45) is 29.1 Å². The predicted molar refractivity (Wildman–Crippen MR) is 124 cm³/mol. The van der Waals surface area contributed by atoms with Crippen LogP contribution in [0.4, 0.5) is 0 Å². The van der Waals surface area contributed by atoms with Gasteiger partial charge in [-0.15, -0.1) is 0 Å². The van der Waals surface area contributed by atoms with Crippen LogP contribution in [0.3, 0.4) is 0 Å². The van der Waals surface area contributed by atoms with E-state index < -0.39 is 0 Å². The van der Waals surface area contributed by atoms with Gasteiger partial charge in [0, 0.05) is 13.1 Å². The topological polar surface area (TPSA) is 43.7 Å². The Morgan fingerprint density at radius 2 is 1.90 bits per heavy atom. The molecule has 1 saturated heterocycles. The maximum Gasteiger partial charge on any atom is 0.0602 e. The van der Waals surface area contributed by atoms with E-state index in [9.17, 15) is 10.2 Å². The highest BCUT2D eigenvalue weighted by Gasteiger charge is 2.50. The van der Waals surface area contributed by atoms with Gasteiger partial charge in [-0.3, -0.25) is 0 Å². The first-order valence-electron chi connectivity index (χ1n) is 12.9. The number of likely N-dealkylation sites (tertiary alicyclic amines) is 1. The smallest absolute Gasteiger partial charge is 0.0602 e. The van der Waals surface area contributed by atoms with Crippen molar-refractivity contribution in [3.05, 3.63) is 23.3 Å². The number of aliphatic hydroxyl groups is 2. The van der Waals surface area contributed by atoms with E-state index in [1.165, 1.54) is 70.2 Å². The Hall–Kier alpha value is -0.640. The molecule has 2 unspecified atom stereocenters. The zero-order valence-corrected chi connectivity index (χ0v) is 19.7. The summed E-state index contributed by atoms with van der Waals surface area (Å²) in [5, 5.41) is 20.0. The van der Waals surface area contributed by atoms with Gasteiger partial charge in [0.1, 0.15) is 0 Å². The molecule has 0 aromatic rings. The monoisotopic (exact) mass is 415 g/mol. The summed E-state index contributed by atoms with van der Waals surface area (Å²) in [6.45, 7) is 11.4. The van der Waals surface area contributed by atoms with Crippen LogP contribution in [0.2, 0.25) is 0 Å². The average Bonchev–Trinajstić information content (AvgIpc) is 3.29. The Bertz CT molecular complexity index is 643. The summed E-state index contributed by atoms with van der Waals surface area (Å²) in [5.41, 5.74) is 3.33. The van der Waals surface area contributed by atoms with Gasteiger partial charge in [-0.05, 0) is 93.4 Å². The fourth-order valence-electron chi connectivity index (χ4n) is 7.69. The molecule has 1 aliphatic heterocycles. The molecule has 0 bridgehead atoms. The molecule has 0 spiro atoms. The largest absolute Gasteiger partial charge is 0.393 e. The van der Waals surface area contributed by atoms with Crippen molar-refractivity contribution in [3.8, 4) is 0 Å². The Kier molecular flexibility index (Phi) is 7.11. The van der Waals surface area contributed by atoms with Crippen LogP contribution in [0, 0.1) is 29.1 Å². The number of allylic oxidation sites excluding steroid dienone is 3. The molecule has 3 saturated carbocycles. The van der Waals surface area contributed by atoms with E-state index in [4.69, 9.17) is 0 Å². The fraction of sp³-hybridized carbons (Fsp3) is 0.852. The summed E-state index contributed by atoms with van der Waals surface area (Å²) in [6.07, 6.45) is 15.3. The van der Waals surface area contributed by atoms with Crippen molar-refractivity contribution in [2.75, 3.05) is 19.6 Å². The zero-order valence-electron chi connectivity index (χ0n) is 19.7. The minimum atomic E-state index is -0.371. The van der Waals surface area contributed by atoms with E-state index in [-0.39, 0.29) is 12.2 Å². The first kappa shape index (κ1) is 22.6. The molecule has 0 radical (unpaired) electrons. The van der Waals surface area contributed by atoms with E-state index in [1.807, 2.05) is 0 Å². The highest BCUT2D eigenvalue weighted by atomic mass is 16.3. The first-order chi connectivity index (χ1) is 14.4. The molecular weight excluding hydrogens is 370 g/mol. The molecule has 3 aliphatic carbocycles. The number of hydrogen-bond acceptors (Lipinski definition) is 3. The Morgan fingerprint density at radius 1 is 1.13 bits per heavy atom. The molecule has 0 amide bonds. The lowest BCUT2D eigenvalue weighted by Crippen LogP contribution is -2.39. The van der Waals surface area contributed by atoms with Crippen LogP contribution in [0.5, 0.6) is 0 Å². The van der Waals surface area contributed by atoms with E-state index in [0.717, 1.165) is 36.5 Å². The zero-order chi connectivity index (χ0) is 21.3. The van der Waals surface area contributed by atoms with Crippen molar-refractivity contribution in [1.82, 2.24) is 4.90 Å². The maximum atomic E-state index is 10.00. The van der Waals surface area contributed by atoms with Crippen LogP contribution < -0.4 is 0 Å². The minimum Gasteiger partial charge on any atom is -0.393 e. The maximum absolute atomic E-state index is 10.00. The van der Waals surface area contributed by atoms with E-state index in [1.54, 1.807) is 5.57 Å². The number of fused-ring (bicyclic) bond motifs is 1. The molecule has 4 fully saturated rings. The Labute approximate surface area is 184 Å². The first-order valence-corrected chi connectivity index (χ1v) is 12.9. The molecule has 3 heteroatoms. The number of hydrogen-bond donors (Lipinski definition) is 2. The van der Waals surface area contributed by atoms with Crippen LogP contribution in [0.15, 0.2) is 23.3 Å². The predicted octanol–water partition coefficient (Wildman–Crippen LogP) is 5.33. The van der Waals surface area contributed by atoms with Crippen LogP contribution in [0.25, 0.3) is 0 Å². The summed E-state index contributed by atoms with van der Waals surface area (Å²) < 4.78 is 0. The normalized spacial score (nSPS) is 42.5. The van der Waals surface area contributed by atoms with Crippen LogP contribution >= 0.6 is 0 Å². The van der Waals surface area contributed by atoms with Gasteiger partial charge < -0.3 is 15.1 Å². The van der Waals surface area contributed by atoms with E-state index in [0.29, 0.717) is 11.8 Å². The molecule has 3 nitrogen and oxygen atoms in total. The van der Waals surface area contributed by atoms with Crippen molar-refractivity contribution in [3.63, 3.8) is 0 Å². The molecular formula is C27H45NO2. The highest BCUT2D eigenvalue weighted by molar-refractivity contribution is 5.26. The lowest BCUT2D eigenvalue weighted by molar-refractivity contribution is 0.0609. The van der Waals surface area contributed by atoms with E-state index >= 15 is 0 Å². The summed E-state index contributed by atoms with van der Waals surface area (Å²) in [4.78, 5) is 2.75. The van der Waals surface area contributed by atoms with Crippen LogP contribution in [-0.2, 0) is 0 Å². The van der Waals surface area contributed by atoms with Crippen LogP contribution in [-0.4, -0.2) is 47.0 Å². The van der Waals surface area contributed by atoms with E-state index in [2.05, 4.69) is 37.8 Å². The second kappa shape index (κ2) is 9.46. The molecule has 7 atom stereocenters. The van der Waals surface area contributed by atoms with Gasteiger partial charge in [-0.1, -0.05) is 50.5 Å². The molecule has 2 N–H and O–H groups in total. The molecule has 0 aromatic heterocycles. The Balaban J connectivity index is 1.42. The second-order valence-corrected chi connectivity index (χ2v) is 11.4. The van der Waals surface area contributed by atoms with Crippen molar-refractivity contribution in [1.29, 1.82) is 0 Å². The Morgan fingerprint density at radius 3 is 2.60 bits per heavy atom. The molecule has 0 aromatic carbocycles. The third-order valence-electron chi connectivity index (χ3n) is 9.29. The molecule has 4 rings (SSSR count). The highest BCUT2D eigenvalue weighted by Crippen LogP contribution is 2.59. The number of aliphatic hydroxyl groups excluding tert-OH is 2. The van der Waals surface area contributed by atoms with Crippen molar-refractivity contribution in [2.45, 2.75) is 97.2 Å². The molecule has 30 heavy (non-hydrogen) atoms. The summed E-state index contributed by atoms with van der Waals surface area (Å²) >= 11 is 0. The van der Waals surface area contributed by atoms with Gasteiger partial charge in [-0.25, -0.2) is 0 Å². The van der Waals surface area contributed by atoms with Gasteiger partial charge in [0.15, 0.2) is 0 Å². The third-order valence-corrected chi connectivity index (χ3v) is 9.29. The van der Waals surface area contributed by atoms with Gasteiger partial charge in [0.2, 0.25) is 0 Å². The summed E-state index contributed by atoms with van der Waals surface area (Å²) in [5.74, 6) is 3.30. The second-order valence-electron chi connectivity index (χ2n) is 11.4. The van der Waals surface area contributed by atoms with Gasteiger partial charge in [-0.2, -0.15) is 0 Å². The number of nitrogens with zero attached hydrogens (tertiary/aromatic N) is 1. The molecule has 1 heterocycles. The van der Waals surface area contributed by atoms with Crippen LogP contribution in [0.1, 0.15) is 85.0 Å². The van der Waals surface area contributed by atoms with Gasteiger partial charge >= 0.3 is 0 Å². The quantitative estimate of drug-likeness (QED) is 0.638.